The van der Waals surface area contributed by atoms with Gasteiger partial charge in [0.05, 0.1) is 5.56 Å². The summed E-state index contributed by atoms with van der Waals surface area (Å²) in [6.07, 6.45) is 8.61. The molecule has 0 spiro atoms. The minimum atomic E-state index is -0.277. The van der Waals surface area contributed by atoms with Crippen molar-refractivity contribution in [2.45, 2.75) is 64.9 Å². The van der Waals surface area contributed by atoms with Crippen molar-refractivity contribution < 1.29 is 9.53 Å². The van der Waals surface area contributed by atoms with E-state index < -0.39 is 0 Å². The number of rotatable bonds is 4. The highest BCUT2D eigenvalue weighted by atomic mass is 16.5. The SMILES string of the molecule is CC(C)(C)Oc1c(C=O)cccc1CC1CCCCC1. The molecule has 0 N–H and O–H groups in total. The number of aldehydes is 1. The molecule has 2 rings (SSSR count). The lowest BCUT2D eigenvalue weighted by molar-refractivity contribution is 0.109. The molecule has 1 aliphatic rings. The minimum Gasteiger partial charge on any atom is -0.487 e. The second-order valence-corrected chi connectivity index (χ2v) is 6.88. The second-order valence-electron chi connectivity index (χ2n) is 6.88. The van der Waals surface area contributed by atoms with Crippen LogP contribution in [0.25, 0.3) is 0 Å². The van der Waals surface area contributed by atoms with Gasteiger partial charge in [-0.3, -0.25) is 4.79 Å². The van der Waals surface area contributed by atoms with Gasteiger partial charge >= 0.3 is 0 Å². The molecule has 0 unspecified atom stereocenters. The molecule has 1 aromatic carbocycles. The van der Waals surface area contributed by atoms with E-state index >= 15 is 0 Å². The maximum absolute atomic E-state index is 11.3. The van der Waals surface area contributed by atoms with Gasteiger partial charge in [0.1, 0.15) is 11.4 Å². The van der Waals surface area contributed by atoms with Crippen molar-refractivity contribution >= 4 is 6.29 Å². The van der Waals surface area contributed by atoms with Crippen LogP contribution in [-0.2, 0) is 6.42 Å². The molecule has 0 heterocycles. The number of carbonyl (C=O) groups excluding carboxylic acids is 1. The fourth-order valence-corrected chi connectivity index (χ4v) is 2.99. The minimum absolute atomic E-state index is 0.277. The Morgan fingerprint density at radius 3 is 2.50 bits per heavy atom. The zero-order chi connectivity index (χ0) is 14.6. The van der Waals surface area contributed by atoms with E-state index in [1.807, 2.05) is 32.9 Å². The van der Waals surface area contributed by atoms with Gasteiger partial charge in [0.25, 0.3) is 0 Å². The van der Waals surface area contributed by atoms with Crippen molar-refractivity contribution in [3.8, 4) is 5.75 Å². The number of benzene rings is 1. The Morgan fingerprint density at radius 1 is 1.20 bits per heavy atom. The van der Waals surface area contributed by atoms with Gasteiger partial charge in [0.15, 0.2) is 6.29 Å². The lowest BCUT2D eigenvalue weighted by atomic mass is 9.84. The average molecular weight is 274 g/mol. The predicted octanol–water partition coefficient (Wildman–Crippen LogP) is 4.80. The van der Waals surface area contributed by atoms with Crippen LogP contribution in [0.15, 0.2) is 18.2 Å². The maximum atomic E-state index is 11.3. The first-order valence-electron chi connectivity index (χ1n) is 7.75. The lowest BCUT2D eigenvalue weighted by Gasteiger charge is -2.27. The first-order valence-corrected chi connectivity index (χ1v) is 7.75. The van der Waals surface area contributed by atoms with Gasteiger partial charge in [-0.05, 0) is 44.7 Å². The highest BCUT2D eigenvalue weighted by molar-refractivity contribution is 5.80. The van der Waals surface area contributed by atoms with Gasteiger partial charge in [0, 0.05) is 0 Å². The zero-order valence-corrected chi connectivity index (χ0v) is 12.9. The maximum Gasteiger partial charge on any atom is 0.153 e. The van der Waals surface area contributed by atoms with E-state index in [4.69, 9.17) is 4.74 Å². The second kappa shape index (κ2) is 6.43. The molecule has 1 saturated carbocycles. The molecule has 0 atom stereocenters. The van der Waals surface area contributed by atoms with E-state index in [0.717, 1.165) is 24.4 Å². The Morgan fingerprint density at radius 2 is 1.90 bits per heavy atom. The van der Waals surface area contributed by atoms with Crippen LogP contribution in [0.2, 0.25) is 0 Å². The van der Waals surface area contributed by atoms with E-state index in [2.05, 4.69) is 6.07 Å². The van der Waals surface area contributed by atoms with E-state index in [1.54, 1.807) is 0 Å². The normalized spacial score (nSPS) is 16.9. The smallest absolute Gasteiger partial charge is 0.153 e. The standard InChI is InChI=1S/C18H26O2/c1-18(2,3)20-17-15(10-7-11-16(17)13-19)12-14-8-5-4-6-9-14/h7,10-11,13-14H,4-6,8-9,12H2,1-3H3. The highest BCUT2D eigenvalue weighted by Gasteiger charge is 2.21. The Labute approximate surface area is 122 Å². The molecule has 0 saturated heterocycles. The van der Waals surface area contributed by atoms with Gasteiger partial charge in [-0.25, -0.2) is 0 Å². The Bertz CT molecular complexity index is 451. The number of hydrogen-bond acceptors (Lipinski definition) is 2. The van der Waals surface area contributed by atoms with E-state index in [-0.39, 0.29) is 5.60 Å². The van der Waals surface area contributed by atoms with Gasteiger partial charge < -0.3 is 4.74 Å². The van der Waals surface area contributed by atoms with Crippen molar-refractivity contribution in [2.24, 2.45) is 5.92 Å². The molecular formula is C18H26O2. The summed E-state index contributed by atoms with van der Waals surface area (Å²) in [4.78, 5) is 11.3. The molecule has 2 nitrogen and oxygen atoms in total. The van der Waals surface area contributed by atoms with Crippen molar-refractivity contribution in [3.63, 3.8) is 0 Å². The number of ether oxygens (including phenoxy) is 1. The summed E-state index contributed by atoms with van der Waals surface area (Å²) >= 11 is 0. The van der Waals surface area contributed by atoms with Crippen LogP contribution in [0.3, 0.4) is 0 Å². The molecular weight excluding hydrogens is 248 g/mol. The Hall–Kier alpha value is -1.31. The van der Waals surface area contributed by atoms with Crippen LogP contribution in [0.4, 0.5) is 0 Å². The number of carbonyl (C=O) groups is 1. The molecule has 1 aromatic rings. The summed E-state index contributed by atoms with van der Waals surface area (Å²) < 4.78 is 6.07. The first kappa shape index (κ1) is 15.1. The van der Waals surface area contributed by atoms with Gasteiger partial charge in [-0.1, -0.05) is 44.2 Å². The summed E-state index contributed by atoms with van der Waals surface area (Å²) in [5.74, 6) is 1.54. The molecule has 0 aliphatic heterocycles. The van der Waals surface area contributed by atoms with Crippen molar-refractivity contribution in [1.82, 2.24) is 0 Å². The molecule has 20 heavy (non-hydrogen) atoms. The van der Waals surface area contributed by atoms with Crippen molar-refractivity contribution in [3.05, 3.63) is 29.3 Å². The first-order chi connectivity index (χ1) is 9.49. The molecule has 1 fully saturated rings. The van der Waals surface area contributed by atoms with Crippen LogP contribution < -0.4 is 4.74 Å². The highest BCUT2D eigenvalue weighted by Crippen LogP contribution is 2.33. The predicted molar refractivity (Wildman–Crippen MR) is 82.5 cm³/mol. The summed E-state index contributed by atoms with van der Waals surface area (Å²) in [6, 6.07) is 5.93. The molecule has 0 bridgehead atoms. The topological polar surface area (TPSA) is 26.3 Å². The fraction of sp³-hybridized carbons (Fsp3) is 0.611. The van der Waals surface area contributed by atoms with Crippen molar-refractivity contribution in [1.29, 1.82) is 0 Å². The van der Waals surface area contributed by atoms with Crippen LogP contribution in [-0.4, -0.2) is 11.9 Å². The average Bonchev–Trinajstić information content (AvgIpc) is 2.40. The summed E-state index contributed by atoms with van der Waals surface area (Å²) in [5.41, 5.74) is 1.59. The van der Waals surface area contributed by atoms with Gasteiger partial charge in [-0.2, -0.15) is 0 Å². The Kier molecular flexibility index (Phi) is 4.85. The number of para-hydroxylation sites is 1. The van der Waals surface area contributed by atoms with Crippen LogP contribution in [0.5, 0.6) is 5.75 Å². The molecule has 0 amide bonds. The quantitative estimate of drug-likeness (QED) is 0.737. The van der Waals surface area contributed by atoms with E-state index in [1.165, 1.54) is 37.7 Å². The van der Waals surface area contributed by atoms with Crippen molar-refractivity contribution in [2.75, 3.05) is 0 Å². The molecule has 2 heteroatoms. The monoisotopic (exact) mass is 274 g/mol. The lowest BCUT2D eigenvalue weighted by Crippen LogP contribution is -2.25. The molecule has 0 radical (unpaired) electrons. The molecule has 110 valence electrons. The van der Waals surface area contributed by atoms with E-state index in [9.17, 15) is 4.79 Å². The third kappa shape index (κ3) is 4.09. The summed E-state index contributed by atoms with van der Waals surface area (Å²) in [6.45, 7) is 6.08. The summed E-state index contributed by atoms with van der Waals surface area (Å²) in [7, 11) is 0. The zero-order valence-electron chi connectivity index (χ0n) is 12.9. The van der Waals surface area contributed by atoms with Gasteiger partial charge in [0.2, 0.25) is 0 Å². The largest absolute Gasteiger partial charge is 0.487 e. The van der Waals surface area contributed by atoms with Gasteiger partial charge in [-0.15, -0.1) is 0 Å². The Balaban J connectivity index is 2.23. The molecule has 0 aromatic heterocycles. The summed E-state index contributed by atoms with van der Waals surface area (Å²) in [5, 5.41) is 0. The van der Waals surface area contributed by atoms with E-state index in [0.29, 0.717) is 5.56 Å². The van der Waals surface area contributed by atoms with Crippen LogP contribution >= 0.6 is 0 Å². The molecule has 1 aliphatic carbocycles. The third-order valence-electron chi connectivity index (χ3n) is 3.90. The van der Waals surface area contributed by atoms with Crippen LogP contribution in [0, 0.1) is 5.92 Å². The van der Waals surface area contributed by atoms with Crippen LogP contribution in [0.1, 0.15) is 68.8 Å². The number of hydrogen-bond donors (Lipinski definition) is 0. The third-order valence-corrected chi connectivity index (χ3v) is 3.90. The fourth-order valence-electron chi connectivity index (χ4n) is 2.99.